The molecule has 3 rings (SSSR count). The number of rotatable bonds is 2. The van der Waals surface area contributed by atoms with Crippen molar-refractivity contribution in [3.05, 3.63) is 41.0 Å². The molecule has 0 amide bonds. The first kappa shape index (κ1) is 11.9. The Bertz CT molecular complexity index is 560. The van der Waals surface area contributed by atoms with Crippen molar-refractivity contribution in [1.82, 2.24) is 0 Å². The summed E-state index contributed by atoms with van der Waals surface area (Å²) in [5, 5.41) is 0. The fourth-order valence-electron chi connectivity index (χ4n) is 2.71. The zero-order chi connectivity index (χ0) is 12.7. The summed E-state index contributed by atoms with van der Waals surface area (Å²) in [4.78, 5) is 0. The van der Waals surface area contributed by atoms with Crippen LogP contribution in [0.2, 0.25) is 0 Å². The van der Waals surface area contributed by atoms with Crippen LogP contribution in [0.15, 0.2) is 24.3 Å². The van der Waals surface area contributed by atoms with Gasteiger partial charge in [0.1, 0.15) is 5.75 Å². The monoisotopic (exact) mass is 258 g/mol. The normalized spacial score (nSPS) is 14.2. The minimum Gasteiger partial charge on any atom is -0.496 e. The number of fused-ring (bicyclic) bond motifs is 3. The zero-order valence-corrected chi connectivity index (χ0v) is 11.9. The van der Waals surface area contributed by atoms with E-state index in [4.69, 9.17) is 4.74 Å². The van der Waals surface area contributed by atoms with Crippen LogP contribution in [0, 0.1) is 0 Å². The van der Waals surface area contributed by atoms with Crippen molar-refractivity contribution in [2.75, 3.05) is 7.11 Å². The molecule has 0 aromatic rings. The van der Waals surface area contributed by atoms with E-state index in [2.05, 4.69) is 38.1 Å². The van der Waals surface area contributed by atoms with Crippen molar-refractivity contribution >= 4 is 11.8 Å². The van der Waals surface area contributed by atoms with E-state index in [9.17, 15) is 0 Å². The lowest BCUT2D eigenvalue weighted by Crippen LogP contribution is -1.85. The molecular formula is C16H18OS. The quantitative estimate of drug-likeness (QED) is 0.774. The third kappa shape index (κ3) is 1.71. The van der Waals surface area contributed by atoms with E-state index in [-0.39, 0.29) is 0 Å². The van der Waals surface area contributed by atoms with Gasteiger partial charge in [-0.25, -0.2) is 0 Å². The van der Waals surface area contributed by atoms with E-state index in [1.54, 1.807) is 7.11 Å². The van der Waals surface area contributed by atoms with Crippen LogP contribution in [0.3, 0.4) is 0 Å². The first-order valence-electron chi connectivity index (χ1n) is 6.41. The molecule has 0 bridgehead atoms. The highest BCUT2D eigenvalue weighted by molar-refractivity contribution is 7.98. The van der Waals surface area contributed by atoms with Crippen molar-refractivity contribution in [2.45, 2.75) is 31.3 Å². The maximum Gasteiger partial charge on any atom is 0.131 e. The molecule has 1 heterocycles. The van der Waals surface area contributed by atoms with Gasteiger partial charge in [0.15, 0.2) is 0 Å². The zero-order valence-electron chi connectivity index (χ0n) is 11.1. The first-order valence-corrected chi connectivity index (χ1v) is 7.57. The average Bonchev–Trinajstić information content (AvgIpc) is 2.83. The third-order valence-corrected chi connectivity index (χ3v) is 4.73. The van der Waals surface area contributed by atoms with Crippen LogP contribution in [0.25, 0.3) is 11.1 Å². The predicted molar refractivity (Wildman–Crippen MR) is 78.7 cm³/mol. The van der Waals surface area contributed by atoms with Gasteiger partial charge in [-0.15, -0.1) is 0 Å². The average molecular weight is 258 g/mol. The lowest BCUT2D eigenvalue weighted by Gasteiger charge is -2.02. The molecule has 0 unspecified atom stereocenters. The van der Waals surface area contributed by atoms with E-state index in [1.807, 2.05) is 11.8 Å². The van der Waals surface area contributed by atoms with Crippen LogP contribution in [-0.2, 0) is 11.5 Å². The van der Waals surface area contributed by atoms with Crippen molar-refractivity contribution in [1.29, 1.82) is 0 Å². The van der Waals surface area contributed by atoms with Crippen LogP contribution >= 0.6 is 11.8 Å². The highest BCUT2D eigenvalue weighted by Crippen LogP contribution is 2.49. The molecule has 0 atom stereocenters. The molecule has 0 N–H and O–H groups in total. The van der Waals surface area contributed by atoms with E-state index >= 15 is 0 Å². The van der Waals surface area contributed by atoms with Gasteiger partial charge in [0.05, 0.1) is 7.11 Å². The molecule has 94 valence electrons. The Balaban J connectivity index is 2.25. The smallest absolute Gasteiger partial charge is 0.131 e. The Morgan fingerprint density at radius 2 is 1.67 bits per heavy atom. The van der Waals surface area contributed by atoms with E-state index in [0.717, 1.165) is 17.3 Å². The van der Waals surface area contributed by atoms with Gasteiger partial charge in [-0.2, -0.15) is 11.8 Å². The number of ether oxygens (including phenoxy) is 1. The van der Waals surface area contributed by atoms with Gasteiger partial charge >= 0.3 is 0 Å². The molecule has 0 saturated carbocycles. The Labute approximate surface area is 113 Å². The number of hydrogen-bond acceptors (Lipinski definition) is 2. The largest absolute Gasteiger partial charge is 0.496 e. The highest BCUT2D eigenvalue weighted by atomic mass is 32.2. The summed E-state index contributed by atoms with van der Waals surface area (Å²) >= 11 is 1.98. The summed E-state index contributed by atoms with van der Waals surface area (Å²) in [6, 6.07) is 9.00. The minimum absolute atomic E-state index is 0.565. The third-order valence-electron chi connectivity index (χ3n) is 3.75. The summed E-state index contributed by atoms with van der Waals surface area (Å²) in [7, 11) is 1.79. The summed E-state index contributed by atoms with van der Waals surface area (Å²) < 4.78 is 5.64. The van der Waals surface area contributed by atoms with E-state index in [0.29, 0.717) is 5.92 Å². The standard InChI is InChI=1S/C16H18OS/c1-10(2)11-4-6-12-13(7-5-11)16(17-3)15-9-18-8-14(12)15/h4-7,10H,8-9H2,1-3H3. The second-order valence-corrected chi connectivity index (χ2v) is 6.12. The fourth-order valence-corrected chi connectivity index (χ4v) is 3.85. The van der Waals surface area contributed by atoms with Crippen LogP contribution in [0.4, 0.5) is 0 Å². The SMILES string of the molecule is COc1c2ccc(C(C)C)ccc-2c2c1CSC2. The highest BCUT2D eigenvalue weighted by Gasteiger charge is 2.26. The number of methoxy groups -OCH3 is 1. The Kier molecular flexibility index (Phi) is 2.98. The van der Waals surface area contributed by atoms with E-state index < -0.39 is 0 Å². The molecule has 2 heteroatoms. The summed E-state index contributed by atoms with van der Waals surface area (Å²) in [6.45, 7) is 4.47. The minimum atomic E-state index is 0.565. The van der Waals surface area contributed by atoms with Gasteiger partial charge in [-0.1, -0.05) is 38.1 Å². The van der Waals surface area contributed by atoms with Gasteiger partial charge in [-0.05, 0) is 22.6 Å². The van der Waals surface area contributed by atoms with E-state index in [1.165, 1.54) is 27.8 Å². The Hall–Kier alpha value is -1.15. The molecule has 1 nitrogen and oxygen atoms in total. The van der Waals surface area contributed by atoms with Gasteiger partial charge in [0, 0.05) is 22.6 Å². The van der Waals surface area contributed by atoms with Gasteiger partial charge in [-0.3, -0.25) is 0 Å². The van der Waals surface area contributed by atoms with Crippen LogP contribution < -0.4 is 4.74 Å². The molecule has 18 heavy (non-hydrogen) atoms. The topological polar surface area (TPSA) is 9.23 Å². The van der Waals surface area contributed by atoms with Crippen LogP contribution in [-0.4, -0.2) is 7.11 Å². The molecule has 0 saturated heterocycles. The second-order valence-electron chi connectivity index (χ2n) is 5.13. The second kappa shape index (κ2) is 4.51. The Morgan fingerprint density at radius 1 is 1.00 bits per heavy atom. The van der Waals surface area contributed by atoms with Gasteiger partial charge in [0.2, 0.25) is 0 Å². The molecule has 0 aromatic heterocycles. The van der Waals surface area contributed by atoms with Gasteiger partial charge < -0.3 is 4.74 Å². The predicted octanol–water partition coefficient (Wildman–Crippen LogP) is 4.67. The lowest BCUT2D eigenvalue weighted by molar-refractivity contribution is 0.414. The van der Waals surface area contributed by atoms with Crippen molar-refractivity contribution < 1.29 is 4.74 Å². The number of hydrogen-bond donors (Lipinski definition) is 0. The fraction of sp³-hybridized carbons (Fsp3) is 0.375. The van der Waals surface area contributed by atoms with Crippen LogP contribution in [0.5, 0.6) is 5.75 Å². The molecule has 0 fully saturated rings. The molecule has 0 aromatic carbocycles. The van der Waals surface area contributed by atoms with Crippen molar-refractivity contribution in [2.24, 2.45) is 0 Å². The Morgan fingerprint density at radius 3 is 2.33 bits per heavy atom. The van der Waals surface area contributed by atoms with Gasteiger partial charge in [0.25, 0.3) is 0 Å². The maximum atomic E-state index is 5.64. The summed E-state index contributed by atoms with van der Waals surface area (Å²) in [6.07, 6.45) is 0. The number of thioether (sulfide) groups is 1. The molecule has 0 radical (unpaired) electrons. The molecule has 0 spiro atoms. The maximum absolute atomic E-state index is 5.64. The molecule has 3 aliphatic rings. The lowest BCUT2D eigenvalue weighted by atomic mass is 10.1. The first-order chi connectivity index (χ1) is 8.72. The summed E-state index contributed by atoms with van der Waals surface area (Å²) in [5.74, 6) is 3.87. The molecule has 2 aliphatic carbocycles. The summed E-state index contributed by atoms with van der Waals surface area (Å²) in [5.41, 5.74) is 6.92. The van der Waals surface area contributed by atoms with Crippen molar-refractivity contribution in [3.8, 4) is 16.9 Å². The van der Waals surface area contributed by atoms with Crippen molar-refractivity contribution in [3.63, 3.8) is 0 Å². The molecular weight excluding hydrogens is 240 g/mol. The van der Waals surface area contributed by atoms with Crippen LogP contribution in [0.1, 0.15) is 36.5 Å². The molecule has 1 aliphatic heterocycles.